The molecule has 0 saturated heterocycles. The Hall–Kier alpha value is -1.68. The summed E-state index contributed by atoms with van der Waals surface area (Å²) < 4.78 is 13.5. The van der Waals surface area contributed by atoms with Crippen LogP contribution in [0, 0.1) is 11.7 Å². The molecule has 0 bridgehead atoms. The zero-order chi connectivity index (χ0) is 15.3. The number of nitrogens with one attached hydrogen (secondary N) is 1. The predicted molar refractivity (Wildman–Crippen MR) is 81.0 cm³/mol. The molecule has 0 radical (unpaired) electrons. The molecule has 2 rings (SSSR count). The first-order chi connectivity index (χ1) is 10.0. The molecular weight excluding hydrogens is 269 g/mol. The van der Waals surface area contributed by atoms with Gasteiger partial charge in [-0.3, -0.25) is 4.79 Å². The van der Waals surface area contributed by atoms with Crippen LogP contribution < -0.4 is 5.32 Å². The number of rotatable bonds is 4. The van der Waals surface area contributed by atoms with Gasteiger partial charge in [-0.2, -0.15) is 0 Å². The summed E-state index contributed by atoms with van der Waals surface area (Å²) in [4.78, 5) is 12.0. The highest BCUT2D eigenvalue weighted by Gasteiger charge is 2.35. The molecule has 0 aliphatic heterocycles. The fraction of sp³-hybridized carbons (Fsp3) is 0.471. The van der Waals surface area contributed by atoms with Gasteiger partial charge in [0, 0.05) is 11.6 Å². The minimum absolute atomic E-state index is 0.0589. The van der Waals surface area contributed by atoms with Gasteiger partial charge in [0.15, 0.2) is 0 Å². The highest BCUT2D eigenvalue weighted by molar-refractivity contribution is 5.92. The lowest BCUT2D eigenvalue weighted by Gasteiger charge is -2.39. The van der Waals surface area contributed by atoms with E-state index in [1.807, 2.05) is 0 Å². The van der Waals surface area contributed by atoms with E-state index in [4.69, 9.17) is 0 Å². The molecule has 0 aromatic heterocycles. The topological polar surface area (TPSA) is 49.3 Å². The van der Waals surface area contributed by atoms with Gasteiger partial charge in [-0.25, -0.2) is 4.39 Å². The number of hydrogen-bond acceptors (Lipinski definition) is 2. The highest BCUT2D eigenvalue weighted by atomic mass is 19.1. The normalized spacial score (nSPS) is 26.0. The number of benzene rings is 1. The van der Waals surface area contributed by atoms with Gasteiger partial charge in [0.2, 0.25) is 5.91 Å². The molecule has 2 N–H and O–H groups in total. The Morgan fingerprint density at radius 1 is 1.52 bits per heavy atom. The molecule has 0 spiro atoms. The van der Waals surface area contributed by atoms with Gasteiger partial charge in [-0.15, -0.1) is 0 Å². The number of aliphatic hydroxyl groups excluding tert-OH is 1. The van der Waals surface area contributed by atoms with Crippen molar-refractivity contribution >= 4 is 12.0 Å². The summed E-state index contributed by atoms with van der Waals surface area (Å²) in [6, 6.07) is 6.30. The van der Waals surface area contributed by atoms with E-state index >= 15 is 0 Å². The molecule has 21 heavy (non-hydrogen) atoms. The Balaban J connectivity index is 2.02. The standard InChI is InChI=1S/C17H22FNO2/c1-13-5-4-10-17(11-13,12-20)19-16(21)9-8-14-6-2-3-7-15(14)18/h2-3,6-9,13,20H,4-5,10-12H2,1H3,(H,19,21). The third-order valence-corrected chi connectivity index (χ3v) is 4.10. The van der Waals surface area contributed by atoms with E-state index in [0.29, 0.717) is 11.5 Å². The van der Waals surface area contributed by atoms with Gasteiger partial charge in [0.1, 0.15) is 5.82 Å². The van der Waals surface area contributed by atoms with E-state index in [2.05, 4.69) is 12.2 Å². The summed E-state index contributed by atoms with van der Waals surface area (Å²) in [7, 11) is 0. The Labute approximate surface area is 124 Å². The Bertz CT molecular complexity index is 529. The van der Waals surface area contributed by atoms with E-state index in [9.17, 15) is 14.3 Å². The molecule has 3 nitrogen and oxygen atoms in total. The Kier molecular flexibility index (Phi) is 5.12. The molecule has 1 amide bonds. The zero-order valence-corrected chi connectivity index (χ0v) is 12.3. The summed E-state index contributed by atoms with van der Waals surface area (Å²) in [6.45, 7) is 2.07. The van der Waals surface area contributed by atoms with Gasteiger partial charge in [-0.05, 0) is 30.9 Å². The second-order valence-corrected chi connectivity index (χ2v) is 5.98. The van der Waals surface area contributed by atoms with Crippen LogP contribution in [0.15, 0.2) is 30.3 Å². The summed E-state index contributed by atoms with van der Waals surface area (Å²) in [5.41, 5.74) is -0.156. The highest BCUT2D eigenvalue weighted by Crippen LogP contribution is 2.31. The van der Waals surface area contributed by atoms with Crippen molar-refractivity contribution in [1.82, 2.24) is 5.32 Å². The minimum Gasteiger partial charge on any atom is -0.394 e. The van der Waals surface area contributed by atoms with E-state index < -0.39 is 5.54 Å². The summed E-state index contributed by atoms with van der Waals surface area (Å²) in [6.07, 6.45) is 6.48. The van der Waals surface area contributed by atoms with Crippen LogP contribution in [-0.2, 0) is 4.79 Å². The molecule has 1 aromatic rings. The van der Waals surface area contributed by atoms with Gasteiger partial charge < -0.3 is 10.4 Å². The zero-order valence-electron chi connectivity index (χ0n) is 12.3. The van der Waals surface area contributed by atoms with Gasteiger partial charge >= 0.3 is 0 Å². The quantitative estimate of drug-likeness (QED) is 0.838. The summed E-state index contributed by atoms with van der Waals surface area (Å²) in [5, 5.41) is 12.5. The molecule has 2 atom stereocenters. The van der Waals surface area contributed by atoms with Crippen molar-refractivity contribution < 1.29 is 14.3 Å². The van der Waals surface area contributed by atoms with Crippen LogP contribution in [0.3, 0.4) is 0 Å². The van der Waals surface area contributed by atoms with Crippen LogP contribution in [0.2, 0.25) is 0 Å². The molecule has 1 aromatic carbocycles. The molecular formula is C17H22FNO2. The van der Waals surface area contributed by atoms with Crippen LogP contribution in [0.4, 0.5) is 4.39 Å². The second kappa shape index (κ2) is 6.85. The van der Waals surface area contributed by atoms with Crippen molar-refractivity contribution in [2.24, 2.45) is 5.92 Å². The molecule has 1 saturated carbocycles. The smallest absolute Gasteiger partial charge is 0.244 e. The minimum atomic E-state index is -0.533. The van der Waals surface area contributed by atoms with Crippen LogP contribution in [0.1, 0.15) is 38.2 Å². The molecule has 1 fully saturated rings. The summed E-state index contributed by atoms with van der Waals surface area (Å²) in [5.74, 6) is -0.159. The van der Waals surface area contributed by atoms with E-state index in [1.54, 1.807) is 18.2 Å². The fourth-order valence-corrected chi connectivity index (χ4v) is 3.04. The van der Waals surface area contributed by atoms with Gasteiger partial charge in [0.25, 0.3) is 0 Å². The maximum atomic E-state index is 13.5. The van der Waals surface area contributed by atoms with Crippen LogP contribution in [0.25, 0.3) is 6.08 Å². The lowest BCUT2D eigenvalue weighted by molar-refractivity contribution is -0.119. The average Bonchev–Trinajstić information content (AvgIpc) is 2.46. The van der Waals surface area contributed by atoms with Crippen molar-refractivity contribution in [1.29, 1.82) is 0 Å². The van der Waals surface area contributed by atoms with E-state index in [0.717, 1.165) is 25.7 Å². The Morgan fingerprint density at radius 2 is 2.29 bits per heavy atom. The number of halogens is 1. The van der Waals surface area contributed by atoms with Gasteiger partial charge in [-0.1, -0.05) is 38.0 Å². The SMILES string of the molecule is CC1CCCC(CO)(NC(=O)C=Cc2ccccc2F)C1. The molecule has 1 aliphatic rings. The third-order valence-electron chi connectivity index (χ3n) is 4.10. The number of amides is 1. The summed E-state index contributed by atoms with van der Waals surface area (Å²) >= 11 is 0. The van der Waals surface area contributed by atoms with Crippen molar-refractivity contribution in [3.8, 4) is 0 Å². The lowest BCUT2D eigenvalue weighted by atomic mass is 9.77. The fourth-order valence-electron chi connectivity index (χ4n) is 3.04. The van der Waals surface area contributed by atoms with Crippen LogP contribution >= 0.6 is 0 Å². The predicted octanol–water partition coefficient (Wildman–Crippen LogP) is 2.90. The van der Waals surface area contributed by atoms with E-state index in [1.165, 1.54) is 18.2 Å². The number of aliphatic hydroxyl groups is 1. The first kappa shape index (κ1) is 15.7. The lowest BCUT2D eigenvalue weighted by Crippen LogP contribution is -2.53. The van der Waals surface area contributed by atoms with E-state index in [-0.39, 0.29) is 18.3 Å². The maximum absolute atomic E-state index is 13.5. The second-order valence-electron chi connectivity index (χ2n) is 5.98. The number of carbonyl (C=O) groups excluding carboxylic acids is 1. The first-order valence-corrected chi connectivity index (χ1v) is 7.40. The van der Waals surface area contributed by atoms with Crippen molar-refractivity contribution in [3.63, 3.8) is 0 Å². The van der Waals surface area contributed by atoms with Gasteiger partial charge in [0.05, 0.1) is 12.1 Å². The molecule has 1 aliphatic carbocycles. The van der Waals surface area contributed by atoms with Crippen molar-refractivity contribution in [3.05, 3.63) is 41.7 Å². The molecule has 0 heterocycles. The number of hydrogen-bond donors (Lipinski definition) is 2. The number of carbonyl (C=O) groups is 1. The Morgan fingerprint density at radius 3 is 2.95 bits per heavy atom. The third kappa shape index (κ3) is 4.14. The van der Waals surface area contributed by atoms with Crippen LogP contribution in [-0.4, -0.2) is 23.2 Å². The molecule has 4 heteroatoms. The van der Waals surface area contributed by atoms with Crippen molar-refractivity contribution in [2.75, 3.05) is 6.61 Å². The maximum Gasteiger partial charge on any atom is 0.244 e. The van der Waals surface area contributed by atoms with Crippen LogP contribution in [0.5, 0.6) is 0 Å². The molecule has 2 unspecified atom stereocenters. The average molecular weight is 291 g/mol. The first-order valence-electron chi connectivity index (χ1n) is 7.40. The molecule has 114 valence electrons. The monoisotopic (exact) mass is 291 g/mol. The van der Waals surface area contributed by atoms with Crippen molar-refractivity contribution in [2.45, 2.75) is 38.1 Å². The largest absolute Gasteiger partial charge is 0.394 e.